The predicted octanol–water partition coefficient (Wildman–Crippen LogP) is 5.19. The summed E-state index contributed by atoms with van der Waals surface area (Å²) in [5, 5.41) is 10.1. The highest BCUT2D eigenvalue weighted by Crippen LogP contribution is 2.67. The Morgan fingerprint density at radius 2 is 1.64 bits per heavy atom. The summed E-state index contributed by atoms with van der Waals surface area (Å²) in [6.07, 6.45) is 14.1. The molecule has 1 N–H and O–H groups in total. The highest BCUT2D eigenvalue weighted by atomic mass is 16.3. The average molecular weight is 303 g/mol. The van der Waals surface area contributed by atoms with Gasteiger partial charge in [-0.3, -0.25) is 0 Å². The molecule has 0 radical (unpaired) electrons. The van der Waals surface area contributed by atoms with Crippen LogP contribution in [0.2, 0.25) is 0 Å². The summed E-state index contributed by atoms with van der Waals surface area (Å²) >= 11 is 0. The quantitative estimate of drug-likeness (QED) is 0.661. The van der Waals surface area contributed by atoms with Gasteiger partial charge < -0.3 is 5.11 Å². The van der Waals surface area contributed by atoms with E-state index in [0.29, 0.717) is 10.8 Å². The largest absolute Gasteiger partial charge is 0.393 e. The van der Waals surface area contributed by atoms with E-state index in [1.807, 2.05) is 0 Å². The number of hydrogen-bond donors (Lipinski definition) is 1. The fraction of sp³-hybridized carbons (Fsp3) is 0.905. The summed E-state index contributed by atoms with van der Waals surface area (Å²) in [5.41, 5.74) is 1.07. The zero-order valence-electron chi connectivity index (χ0n) is 14.6. The topological polar surface area (TPSA) is 20.2 Å². The number of rotatable bonds is 1. The Bertz CT molecular complexity index is 457. The number of aliphatic hydroxyl groups excluding tert-OH is 1. The van der Waals surface area contributed by atoms with Crippen molar-refractivity contribution < 1.29 is 5.11 Å². The summed E-state index contributed by atoms with van der Waals surface area (Å²) in [5.74, 6) is 4.38. The fourth-order valence-electron chi connectivity index (χ4n) is 7.66. The van der Waals surface area contributed by atoms with Gasteiger partial charge in [0.1, 0.15) is 0 Å². The van der Waals surface area contributed by atoms with Gasteiger partial charge in [-0.15, -0.1) is 6.58 Å². The minimum Gasteiger partial charge on any atom is -0.393 e. The standard InChI is InChI=1S/C21H34O/c1-4-14-6-8-18-17-7-5-15-13-16(22)9-11-21(15,3)19(17)10-12-20(14,18)2/h4,14-19,22H,1,5-13H2,2-3H3. The molecular weight excluding hydrogens is 268 g/mol. The molecule has 8 unspecified atom stereocenters. The Kier molecular flexibility index (Phi) is 3.53. The van der Waals surface area contributed by atoms with Crippen LogP contribution < -0.4 is 0 Å². The first-order valence-corrected chi connectivity index (χ1v) is 9.79. The van der Waals surface area contributed by atoms with Crippen LogP contribution in [0.25, 0.3) is 0 Å². The zero-order valence-corrected chi connectivity index (χ0v) is 14.6. The maximum absolute atomic E-state index is 10.1. The SMILES string of the molecule is C=CC1CCC2C3CCC4CC(O)CCC4(C)C3CCC12C. The molecule has 0 aromatic carbocycles. The summed E-state index contributed by atoms with van der Waals surface area (Å²) < 4.78 is 0. The van der Waals surface area contributed by atoms with Crippen LogP contribution >= 0.6 is 0 Å². The zero-order chi connectivity index (χ0) is 15.5. The Balaban J connectivity index is 1.62. The molecule has 1 heteroatoms. The molecule has 4 aliphatic rings. The van der Waals surface area contributed by atoms with Crippen molar-refractivity contribution in [1.29, 1.82) is 0 Å². The van der Waals surface area contributed by atoms with Crippen molar-refractivity contribution in [3.63, 3.8) is 0 Å². The molecule has 0 aromatic rings. The van der Waals surface area contributed by atoms with Crippen molar-refractivity contribution in [2.75, 3.05) is 0 Å². The lowest BCUT2D eigenvalue weighted by Crippen LogP contribution is -2.53. The molecule has 0 spiro atoms. The molecule has 124 valence electrons. The Labute approximate surface area is 136 Å². The summed E-state index contributed by atoms with van der Waals surface area (Å²) in [6, 6.07) is 0. The molecule has 22 heavy (non-hydrogen) atoms. The first-order chi connectivity index (χ1) is 10.5. The first-order valence-electron chi connectivity index (χ1n) is 9.79. The third-order valence-corrected chi connectivity index (χ3v) is 9.00. The van der Waals surface area contributed by atoms with Crippen LogP contribution in [0.3, 0.4) is 0 Å². The second-order valence-electron chi connectivity index (χ2n) is 9.55. The molecule has 1 nitrogen and oxygen atoms in total. The number of allylic oxidation sites excluding steroid dienone is 1. The van der Waals surface area contributed by atoms with Crippen molar-refractivity contribution in [1.82, 2.24) is 0 Å². The highest BCUT2D eigenvalue weighted by molar-refractivity contribution is 5.11. The van der Waals surface area contributed by atoms with E-state index in [2.05, 4.69) is 26.5 Å². The molecule has 0 amide bonds. The highest BCUT2D eigenvalue weighted by Gasteiger charge is 2.59. The van der Waals surface area contributed by atoms with Gasteiger partial charge in [0.25, 0.3) is 0 Å². The molecule has 8 atom stereocenters. The van der Waals surface area contributed by atoms with Crippen LogP contribution in [0, 0.1) is 40.4 Å². The third kappa shape index (κ3) is 1.93. The number of hydrogen-bond acceptors (Lipinski definition) is 1. The van der Waals surface area contributed by atoms with E-state index in [1.54, 1.807) is 0 Å². The summed E-state index contributed by atoms with van der Waals surface area (Å²) in [6.45, 7) is 9.30. The number of aliphatic hydroxyl groups is 1. The third-order valence-electron chi connectivity index (χ3n) is 9.00. The molecule has 4 rings (SSSR count). The maximum atomic E-state index is 10.1. The average Bonchev–Trinajstić information content (AvgIpc) is 2.84. The predicted molar refractivity (Wildman–Crippen MR) is 91.4 cm³/mol. The molecule has 4 aliphatic carbocycles. The maximum Gasteiger partial charge on any atom is 0.0543 e. The van der Waals surface area contributed by atoms with Gasteiger partial charge in [-0.1, -0.05) is 19.9 Å². The Morgan fingerprint density at radius 3 is 2.41 bits per heavy atom. The van der Waals surface area contributed by atoms with Crippen molar-refractivity contribution in [3.8, 4) is 0 Å². The Morgan fingerprint density at radius 1 is 0.909 bits per heavy atom. The van der Waals surface area contributed by atoms with Crippen molar-refractivity contribution in [2.24, 2.45) is 40.4 Å². The minimum absolute atomic E-state index is 0.0138. The van der Waals surface area contributed by atoms with Crippen LogP contribution in [0.4, 0.5) is 0 Å². The molecule has 0 aliphatic heterocycles. The summed E-state index contributed by atoms with van der Waals surface area (Å²) in [4.78, 5) is 0. The smallest absolute Gasteiger partial charge is 0.0543 e. The van der Waals surface area contributed by atoms with Gasteiger partial charge in [0.15, 0.2) is 0 Å². The molecular formula is C21H34O. The van der Waals surface area contributed by atoms with Gasteiger partial charge in [0.05, 0.1) is 6.10 Å². The van der Waals surface area contributed by atoms with E-state index in [1.165, 1.54) is 44.9 Å². The van der Waals surface area contributed by atoms with E-state index in [4.69, 9.17) is 0 Å². The lowest BCUT2D eigenvalue weighted by molar-refractivity contribution is -0.124. The van der Waals surface area contributed by atoms with Gasteiger partial charge in [-0.25, -0.2) is 0 Å². The molecule has 0 saturated heterocycles. The lowest BCUT2D eigenvalue weighted by Gasteiger charge is -2.60. The van der Waals surface area contributed by atoms with Gasteiger partial charge in [0.2, 0.25) is 0 Å². The van der Waals surface area contributed by atoms with E-state index in [0.717, 1.165) is 42.4 Å². The van der Waals surface area contributed by atoms with Gasteiger partial charge in [-0.2, -0.15) is 0 Å². The van der Waals surface area contributed by atoms with Crippen LogP contribution in [-0.4, -0.2) is 11.2 Å². The van der Waals surface area contributed by atoms with Crippen LogP contribution in [0.15, 0.2) is 12.7 Å². The fourth-order valence-corrected chi connectivity index (χ4v) is 7.66. The van der Waals surface area contributed by atoms with Crippen molar-refractivity contribution in [3.05, 3.63) is 12.7 Å². The van der Waals surface area contributed by atoms with E-state index in [-0.39, 0.29) is 6.10 Å². The monoisotopic (exact) mass is 302 g/mol. The second kappa shape index (κ2) is 5.10. The molecule has 4 saturated carbocycles. The van der Waals surface area contributed by atoms with Crippen molar-refractivity contribution >= 4 is 0 Å². The van der Waals surface area contributed by atoms with E-state index in [9.17, 15) is 5.11 Å². The van der Waals surface area contributed by atoms with Crippen LogP contribution in [-0.2, 0) is 0 Å². The summed E-state index contributed by atoms with van der Waals surface area (Å²) in [7, 11) is 0. The van der Waals surface area contributed by atoms with Crippen LogP contribution in [0.1, 0.15) is 71.6 Å². The first kappa shape index (κ1) is 15.2. The van der Waals surface area contributed by atoms with E-state index < -0.39 is 0 Å². The van der Waals surface area contributed by atoms with Gasteiger partial charge in [0, 0.05) is 0 Å². The molecule has 4 fully saturated rings. The number of fused-ring (bicyclic) bond motifs is 5. The van der Waals surface area contributed by atoms with E-state index >= 15 is 0 Å². The normalized spacial score (nSPS) is 57.6. The lowest BCUT2D eigenvalue weighted by atomic mass is 9.44. The van der Waals surface area contributed by atoms with Crippen LogP contribution in [0.5, 0.6) is 0 Å². The van der Waals surface area contributed by atoms with Gasteiger partial charge in [-0.05, 0) is 98.2 Å². The van der Waals surface area contributed by atoms with Crippen molar-refractivity contribution in [2.45, 2.75) is 77.7 Å². The second-order valence-corrected chi connectivity index (χ2v) is 9.55. The molecule has 0 bridgehead atoms. The molecule has 0 aromatic heterocycles. The van der Waals surface area contributed by atoms with Gasteiger partial charge >= 0.3 is 0 Å². The minimum atomic E-state index is -0.0138. The molecule has 0 heterocycles. The Hall–Kier alpha value is -0.300.